The van der Waals surface area contributed by atoms with E-state index in [0.29, 0.717) is 27.9 Å². The van der Waals surface area contributed by atoms with E-state index >= 15 is 0 Å². The average molecular weight is 518 g/mol. The fraction of sp³-hybridized carbons (Fsp3) is 0.167. The van der Waals surface area contributed by atoms with Crippen LogP contribution in [-0.2, 0) is 4.74 Å². The number of nitrogens with zero attached hydrogens (tertiary/aromatic N) is 1. The van der Waals surface area contributed by atoms with Gasteiger partial charge in [0.25, 0.3) is 0 Å². The highest BCUT2D eigenvalue weighted by Crippen LogP contribution is 2.44. The molecule has 1 fully saturated rings. The Labute approximate surface area is 218 Å². The van der Waals surface area contributed by atoms with Crippen molar-refractivity contribution in [1.29, 1.82) is 0 Å². The van der Waals surface area contributed by atoms with E-state index in [-0.39, 0.29) is 24.3 Å². The zero-order chi connectivity index (χ0) is 26.8. The van der Waals surface area contributed by atoms with Crippen molar-refractivity contribution < 1.29 is 33.6 Å². The quantitative estimate of drug-likeness (QED) is 0.256. The summed E-state index contributed by atoms with van der Waals surface area (Å²) in [5.41, 5.74) is 2.68. The summed E-state index contributed by atoms with van der Waals surface area (Å²) >= 11 is 0. The molecular weight excluding hydrogens is 492 g/mol. The number of rotatable bonds is 7. The Morgan fingerprint density at radius 3 is 2.16 bits per heavy atom. The molecule has 4 aromatic rings. The Bertz CT molecular complexity index is 1440. The van der Waals surface area contributed by atoms with Gasteiger partial charge in [-0.05, 0) is 84.1 Å². The predicted molar refractivity (Wildman–Crippen MR) is 138 cm³/mol. The first-order valence-electron chi connectivity index (χ1n) is 12.1. The lowest BCUT2D eigenvalue weighted by molar-refractivity contribution is 0.100. The van der Waals surface area contributed by atoms with E-state index in [1.54, 1.807) is 42.5 Å². The van der Waals surface area contributed by atoms with Crippen molar-refractivity contribution in [3.05, 3.63) is 114 Å². The molecule has 3 N–H and O–H groups in total. The van der Waals surface area contributed by atoms with Gasteiger partial charge in [0.1, 0.15) is 35.3 Å². The van der Waals surface area contributed by atoms with Crippen molar-refractivity contribution in [3.63, 3.8) is 0 Å². The SMILES string of the molecule is O=C1OC(CCC(O)c2ccc(F)cc2)C(c2ccc(-c3cccc(O)c3)cc2O)N1c1ccc(F)cc1. The summed E-state index contributed by atoms with van der Waals surface area (Å²) in [6.07, 6.45) is -1.89. The van der Waals surface area contributed by atoms with Crippen LogP contribution in [0.5, 0.6) is 11.5 Å². The minimum absolute atomic E-state index is 0.0862. The Morgan fingerprint density at radius 1 is 0.842 bits per heavy atom. The molecule has 194 valence electrons. The largest absolute Gasteiger partial charge is 0.508 e. The van der Waals surface area contributed by atoms with Gasteiger partial charge < -0.3 is 20.1 Å². The standard InChI is InChI=1S/C30H25F2NO5/c31-21-7-4-18(5-8-21)26(35)14-15-28-29(33(30(37)38-28)23-11-9-22(32)10-12-23)25-13-6-20(17-27(25)36)19-2-1-3-24(34)16-19/h1-13,16-17,26,28-29,34-36H,14-15H2. The molecule has 0 spiro atoms. The molecule has 1 heterocycles. The van der Waals surface area contributed by atoms with Crippen molar-refractivity contribution in [1.82, 2.24) is 0 Å². The molecule has 1 saturated heterocycles. The third-order valence-corrected chi connectivity index (χ3v) is 6.69. The molecule has 3 atom stereocenters. The number of amides is 1. The van der Waals surface area contributed by atoms with Crippen LogP contribution in [0.15, 0.2) is 91.0 Å². The molecule has 0 bridgehead atoms. The molecule has 1 amide bonds. The van der Waals surface area contributed by atoms with Crippen LogP contribution < -0.4 is 4.90 Å². The molecule has 0 radical (unpaired) electrons. The number of carbonyl (C=O) groups is 1. The van der Waals surface area contributed by atoms with Crippen molar-refractivity contribution in [2.75, 3.05) is 4.90 Å². The summed E-state index contributed by atoms with van der Waals surface area (Å²) in [5.74, 6) is -0.881. The summed E-state index contributed by atoms with van der Waals surface area (Å²) in [6.45, 7) is 0. The molecule has 1 aliphatic rings. The number of hydrogen-bond acceptors (Lipinski definition) is 5. The van der Waals surface area contributed by atoms with Crippen LogP contribution in [0.1, 0.15) is 36.1 Å². The number of phenols is 2. The van der Waals surface area contributed by atoms with Gasteiger partial charge in [-0.1, -0.05) is 36.4 Å². The van der Waals surface area contributed by atoms with Gasteiger partial charge in [0.15, 0.2) is 0 Å². The van der Waals surface area contributed by atoms with E-state index in [1.807, 2.05) is 0 Å². The molecule has 38 heavy (non-hydrogen) atoms. The van der Waals surface area contributed by atoms with Crippen molar-refractivity contribution in [3.8, 4) is 22.6 Å². The topological polar surface area (TPSA) is 90.2 Å². The van der Waals surface area contributed by atoms with Crippen LogP contribution in [0, 0.1) is 11.6 Å². The fourth-order valence-corrected chi connectivity index (χ4v) is 4.79. The van der Waals surface area contributed by atoms with Gasteiger partial charge in [0.2, 0.25) is 0 Å². The number of cyclic esters (lactones) is 1. The smallest absolute Gasteiger partial charge is 0.415 e. The van der Waals surface area contributed by atoms with Crippen LogP contribution in [0.4, 0.5) is 19.3 Å². The number of aliphatic hydroxyl groups excluding tert-OH is 1. The first kappa shape index (κ1) is 25.2. The second-order valence-corrected chi connectivity index (χ2v) is 9.18. The number of carbonyl (C=O) groups excluding carboxylic acids is 1. The maximum atomic E-state index is 13.6. The lowest BCUT2D eigenvalue weighted by Gasteiger charge is -2.26. The molecule has 5 rings (SSSR count). The minimum Gasteiger partial charge on any atom is -0.508 e. The molecule has 3 unspecified atom stereocenters. The highest BCUT2D eigenvalue weighted by Gasteiger charge is 2.44. The van der Waals surface area contributed by atoms with E-state index in [9.17, 15) is 28.9 Å². The zero-order valence-electron chi connectivity index (χ0n) is 20.2. The summed E-state index contributed by atoms with van der Waals surface area (Å²) in [5, 5.41) is 31.6. The first-order chi connectivity index (χ1) is 18.3. The Morgan fingerprint density at radius 2 is 1.50 bits per heavy atom. The van der Waals surface area contributed by atoms with E-state index < -0.39 is 36.0 Å². The first-order valence-corrected chi connectivity index (χ1v) is 12.1. The molecule has 6 nitrogen and oxygen atoms in total. The Kier molecular flexibility index (Phi) is 6.98. The number of benzene rings is 4. The van der Waals surface area contributed by atoms with E-state index in [2.05, 4.69) is 0 Å². The second-order valence-electron chi connectivity index (χ2n) is 9.18. The maximum absolute atomic E-state index is 13.6. The Hall–Kier alpha value is -4.43. The zero-order valence-corrected chi connectivity index (χ0v) is 20.2. The average Bonchev–Trinajstić information content (AvgIpc) is 3.23. The van der Waals surface area contributed by atoms with Gasteiger partial charge in [-0.2, -0.15) is 0 Å². The van der Waals surface area contributed by atoms with Gasteiger partial charge in [-0.25, -0.2) is 13.6 Å². The minimum atomic E-state index is -0.920. The van der Waals surface area contributed by atoms with Crippen LogP contribution in [0.25, 0.3) is 11.1 Å². The van der Waals surface area contributed by atoms with Gasteiger partial charge >= 0.3 is 6.09 Å². The number of anilines is 1. The lowest BCUT2D eigenvalue weighted by atomic mass is 9.92. The van der Waals surface area contributed by atoms with Crippen LogP contribution in [0.2, 0.25) is 0 Å². The van der Waals surface area contributed by atoms with E-state index in [1.165, 1.54) is 53.4 Å². The second kappa shape index (κ2) is 10.5. The molecule has 8 heteroatoms. The van der Waals surface area contributed by atoms with Gasteiger partial charge in [-0.3, -0.25) is 4.90 Å². The fourth-order valence-electron chi connectivity index (χ4n) is 4.79. The number of phenolic OH excluding ortho intramolecular Hbond substituents is 2. The van der Waals surface area contributed by atoms with Gasteiger partial charge in [0.05, 0.1) is 6.10 Å². The molecule has 0 aliphatic carbocycles. The summed E-state index contributed by atoms with van der Waals surface area (Å²) in [6, 6.07) is 21.7. The van der Waals surface area contributed by atoms with Crippen molar-refractivity contribution in [2.24, 2.45) is 0 Å². The van der Waals surface area contributed by atoms with E-state index in [4.69, 9.17) is 4.74 Å². The Balaban J connectivity index is 1.47. The third kappa shape index (κ3) is 5.17. The number of ether oxygens (including phenoxy) is 1. The number of aliphatic hydroxyl groups is 1. The molecule has 0 aromatic heterocycles. The maximum Gasteiger partial charge on any atom is 0.415 e. The monoisotopic (exact) mass is 517 g/mol. The summed E-state index contributed by atoms with van der Waals surface area (Å²) in [7, 11) is 0. The molecule has 4 aromatic carbocycles. The third-order valence-electron chi connectivity index (χ3n) is 6.69. The highest BCUT2D eigenvalue weighted by molar-refractivity contribution is 5.91. The van der Waals surface area contributed by atoms with Crippen LogP contribution in [-0.4, -0.2) is 27.5 Å². The number of hydrogen-bond donors (Lipinski definition) is 3. The summed E-state index contributed by atoms with van der Waals surface area (Å²) in [4.78, 5) is 14.4. The lowest BCUT2D eigenvalue weighted by Crippen LogP contribution is -2.29. The summed E-state index contributed by atoms with van der Waals surface area (Å²) < 4.78 is 32.6. The van der Waals surface area contributed by atoms with Crippen LogP contribution in [0.3, 0.4) is 0 Å². The van der Waals surface area contributed by atoms with E-state index in [0.717, 1.165) is 0 Å². The highest BCUT2D eigenvalue weighted by atomic mass is 19.1. The number of halogens is 2. The number of aromatic hydroxyl groups is 2. The predicted octanol–water partition coefficient (Wildman–Crippen LogP) is 6.62. The van der Waals surface area contributed by atoms with Gasteiger partial charge in [-0.15, -0.1) is 0 Å². The van der Waals surface area contributed by atoms with Gasteiger partial charge in [0, 0.05) is 11.3 Å². The van der Waals surface area contributed by atoms with Crippen LogP contribution >= 0.6 is 0 Å². The normalized spacial score (nSPS) is 17.9. The molecular formula is C30H25F2NO5. The van der Waals surface area contributed by atoms with Crippen molar-refractivity contribution >= 4 is 11.8 Å². The molecule has 1 aliphatic heterocycles. The molecule has 0 saturated carbocycles. The van der Waals surface area contributed by atoms with Crippen molar-refractivity contribution in [2.45, 2.75) is 31.1 Å².